The molecule has 2 aliphatic carbocycles. The summed E-state index contributed by atoms with van der Waals surface area (Å²) in [6, 6.07) is 9.16. The summed E-state index contributed by atoms with van der Waals surface area (Å²) in [5.41, 5.74) is 2.89. The van der Waals surface area contributed by atoms with Crippen LogP contribution < -0.4 is 0 Å². The molecule has 2 saturated carbocycles. The van der Waals surface area contributed by atoms with Crippen LogP contribution in [0, 0.1) is 36.5 Å². The van der Waals surface area contributed by atoms with E-state index in [9.17, 15) is 0 Å². The Morgan fingerprint density at radius 2 is 1.61 bits per heavy atom. The molecule has 28 heavy (non-hydrogen) atoms. The van der Waals surface area contributed by atoms with Gasteiger partial charge in [-0.1, -0.05) is 80.4 Å². The Hall–Kier alpha value is -1.48. The van der Waals surface area contributed by atoms with Crippen LogP contribution >= 0.6 is 0 Å². The predicted molar refractivity (Wildman–Crippen MR) is 122 cm³/mol. The van der Waals surface area contributed by atoms with Crippen molar-refractivity contribution in [3.63, 3.8) is 0 Å². The monoisotopic (exact) mass is 376 g/mol. The number of hydrogen-bond donors (Lipinski definition) is 0. The minimum atomic E-state index is 0.612. The summed E-state index contributed by atoms with van der Waals surface area (Å²) in [7, 11) is 0. The van der Waals surface area contributed by atoms with Crippen molar-refractivity contribution in [1.29, 1.82) is 0 Å². The van der Waals surface area contributed by atoms with E-state index >= 15 is 0 Å². The third kappa shape index (κ3) is 6.84. The SMILES string of the molecule is CCCCC[C@H]1CC[C@H](/C=C/C#C[C@H]2CC[C@H](c3ccc(C)cc3)CC2)CC1. The van der Waals surface area contributed by atoms with Gasteiger partial charge >= 0.3 is 0 Å². The summed E-state index contributed by atoms with van der Waals surface area (Å²) in [5.74, 6) is 10.1. The van der Waals surface area contributed by atoms with Gasteiger partial charge in [0.1, 0.15) is 0 Å². The molecular formula is C28H40. The highest BCUT2D eigenvalue weighted by molar-refractivity contribution is 5.25. The first-order valence-corrected chi connectivity index (χ1v) is 12.0. The van der Waals surface area contributed by atoms with Crippen LogP contribution in [0.3, 0.4) is 0 Å². The van der Waals surface area contributed by atoms with Crippen LogP contribution in [0.1, 0.15) is 101 Å². The van der Waals surface area contributed by atoms with E-state index in [0.717, 1.165) is 17.8 Å². The van der Waals surface area contributed by atoms with Gasteiger partial charge in [-0.25, -0.2) is 0 Å². The van der Waals surface area contributed by atoms with Gasteiger partial charge in [-0.2, -0.15) is 0 Å². The van der Waals surface area contributed by atoms with Crippen molar-refractivity contribution in [2.24, 2.45) is 17.8 Å². The fourth-order valence-electron chi connectivity index (χ4n) is 5.11. The number of rotatable bonds is 6. The van der Waals surface area contributed by atoms with Crippen molar-refractivity contribution >= 4 is 0 Å². The molecule has 0 unspecified atom stereocenters. The van der Waals surface area contributed by atoms with E-state index in [1.165, 1.54) is 88.2 Å². The van der Waals surface area contributed by atoms with E-state index in [1.807, 2.05) is 0 Å². The molecule has 0 aliphatic heterocycles. The van der Waals surface area contributed by atoms with Gasteiger partial charge in [0.25, 0.3) is 0 Å². The molecule has 0 atom stereocenters. The number of benzene rings is 1. The van der Waals surface area contributed by atoms with Crippen molar-refractivity contribution < 1.29 is 0 Å². The largest absolute Gasteiger partial charge is 0.0951 e. The molecule has 152 valence electrons. The summed E-state index contributed by atoms with van der Waals surface area (Å²) >= 11 is 0. The highest BCUT2D eigenvalue weighted by Crippen LogP contribution is 2.35. The Morgan fingerprint density at radius 3 is 2.29 bits per heavy atom. The normalized spacial score (nSPS) is 28.1. The van der Waals surface area contributed by atoms with Crippen molar-refractivity contribution in [2.45, 2.75) is 96.8 Å². The second kappa shape index (κ2) is 11.5. The van der Waals surface area contributed by atoms with Crippen molar-refractivity contribution in [3.8, 4) is 11.8 Å². The van der Waals surface area contributed by atoms with E-state index < -0.39 is 0 Å². The molecular weight excluding hydrogens is 336 g/mol. The van der Waals surface area contributed by atoms with Gasteiger partial charge in [0.15, 0.2) is 0 Å². The van der Waals surface area contributed by atoms with E-state index in [-0.39, 0.29) is 0 Å². The smallest absolute Gasteiger partial charge is 0.0206 e. The molecule has 0 spiro atoms. The van der Waals surface area contributed by atoms with Gasteiger partial charge in [0.2, 0.25) is 0 Å². The molecule has 1 aromatic carbocycles. The number of hydrogen-bond acceptors (Lipinski definition) is 0. The van der Waals surface area contributed by atoms with Crippen LogP contribution in [0.4, 0.5) is 0 Å². The van der Waals surface area contributed by atoms with Crippen LogP contribution in [-0.4, -0.2) is 0 Å². The van der Waals surface area contributed by atoms with Crippen molar-refractivity contribution in [1.82, 2.24) is 0 Å². The van der Waals surface area contributed by atoms with Crippen LogP contribution in [0.5, 0.6) is 0 Å². The summed E-state index contributed by atoms with van der Waals surface area (Å²) < 4.78 is 0. The molecule has 0 saturated heterocycles. The zero-order valence-corrected chi connectivity index (χ0v) is 18.3. The van der Waals surface area contributed by atoms with Crippen molar-refractivity contribution in [2.75, 3.05) is 0 Å². The molecule has 0 N–H and O–H groups in total. The number of unbranched alkanes of at least 4 members (excludes halogenated alkanes) is 2. The summed E-state index contributed by atoms with van der Waals surface area (Å²) in [4.78, 5) is 0. The quantitative estimate of drug-likeness (QED) is 0.346. The fraction of sp³-hybridized carbons (Fsp3) is 0.643. The van der Waals surface area contributed by atoms with Crippen molar-refractivity contribution in [3.05, 3.63) is 47.5 Å². The molecule has 0 heteroatoms. The second-order valence-electron chi connectivity index (χ2n) is 9.38. The average molecular weight is 377 g/mol. The number of aryl methyl sites for hydroxylation is 1. The van der Waals surface area contributed by atoms with Gasteiger partial charge in [-0.3, -0.25) is 0 Å². The van der Waals surface area contributed by atoms with Gasteiger partial charge in [-0.05, 0) is 87.7 Å². The second-order valence-corrected chi connectivity index (χ2v) is 9.38. The molecule has 0 bridgehead atoms. The Labute approximate surface area is 174 Å². The first-order chi connectivity index (χ1) is 13.7. The first-order valence-electron chi connectivity index (χ1n) is 12.0. The molecule has 3 rings (SSSR count). The van der Waals surface area contributed by atoms with E-state index in [0.29, 0.717) is 5.92 Å². The van der Waals surface area contributed by atoms with Crippen LogP contribution in [0.25, 0.3) is 0 Å². The van der Waals surface area contributed by atoms with Gasteiger partial charge < -0.3 is 0 Å². The predicted octanol–water partition coefficient (Wildman–Crippen LogP) is 8.22. The van der Waals surface area contributed by atoms with Crippen LogP contribution in [-0.2, 0) is 0 Å². The van der Waals surface area contributed by atoms with E-state index in [1.54, 1.807) is 0 Å². The average Bonchev–Trinajstić information content (AvgIpc) is 2.73. The minimum absolute atomic E-state index is 0.612. The fourth-order valence-corrected chi connectivity index (χ4v) is 5.11. The lowest BCUT2D eigenvalue weighted by Crippen LogP contribution is -2.13. The maximum Gasteiger partial charge on any atom is 0.0206 e. The van der Waals surface area contributed by atoms with Gasteiger partial charge in [0.05, 0.1) is 0 Å². The molecule has 2 aliphatic rings. The maximum atomic E-state index is 3.55. The molecule has 2 fully saturated rings. The Kier molecular flexibility index (Phi) is 8.72. The van der Waals surface area contributed by atoms with E-state index in [4.69, 9.17) is 0 Å². The molecule has 0 aromatic heterocycles. The lowest BCUT2D eigenvalue weighted by molar-refractivity contribution is 0.289. The standard InChI is InChI=1S/C28H40/c1-3-4-5-8-24-13-15-25(16-14-24)9-6-7-10-26-17-21-28(22-18-26)27-19-11-23(2)12-20-27/h6,9,11-12,19-20,24-26,28H,3-5,8,13-18,21-22H2,1-2H3/b9-6+/t24-,25-,26-,28-. The van der Waals surface area contributed by atoms with E-state index in [2.05, 4.69) is 62.1 Å². The van der Waals surface area contributed by atoms with Crippen LogP contribution in [0.2, 0.25) is 0 Å². The summed E-state index contributed by atoms with van der Waals surface area (Å²) in [6.07, 6.45) is 21.0. The Bertz CT molecular complexity index is 638. The van der Waals surface area contributed by atoms with Gasteiger partial charge in [-0.15, -0.1) is 0 Å². The lowest BCUT2D eigenvalue weighted by atomic mass is 9.79. The van der Waals surface area contributed by atoms with Crippen LogP contribution in [0.15, 0.2) is 36.4 Å². The molecule has 1 aromatic rings. The Morgan fingerprint density at radius 1 is 0.893 bits per heavy atom. The highest BCUT2D eigenvalue weighted by atomic mass is 14.3. The minimum Gasteiger partial charge on any atom is -0.0951 e. The molecule has 0 heterocycles. The summed E-state index contributed by atoms with van der Waals surface area (Å²) in [5, 5.41) is 0. The summed E-state index contributed by atoms with van der Waals surface area (Å²) in [6.45, 7) is 4.47. The zero-order valence-electron chi connectivity index (χ0n) is 18.3. The third-order valence-corrected chi connectivity index (χ3v) is 7.12. The topological polar surface area (TPSA) is 0 Å². The molecule has 0 amide bonds. The lowest BCUT2D eigenvalue weighted by Gasteiger charge is -2.26. The molecule has 0 nitrogen and oxygen atoms in total. The highest BCUT2D eigenvalue weighted by Gasteiger charge is 2.21. The first kappa shape index (κ1) is 21.2. The maximum absolute atomic E-state index is 3.55. The zero-order chi connectivity index (χ0) is 19.6. The van der Waals surface area contributed by atoms with Gasteiger partial charge in [0, 0.05) is 5.92 Å². The Balaban J connectivity index is 1.35. The number of allylic oxidation sites excluding steroid dienone is 2. The molecule has 0 radical (unpaired) electrons. The third-order valence-electron chi connectivity index (χ3n) is 7.12.